The van der Waals surface area contributed by atoms with Crippen LogP contribution in [0.1, 0.15) is 52.0 Å². The first-order valence-electron chi connectivity index (χ1n) is 8.02. The number of hydrogen-bond acceptors (Lipinski definition) is 3. The summed E-state index contributed by atoms with van der Waals surface area (Å²) in [6, 6.07) is 4.10. The minimum absolute atomic E-state index is 0.334. The second kappa shape index (κ2) is 7.63. The van der Waals surface area contributed by atoms with Crippen LogP contribution in [-0.2, 0) is 6.54 Å². The van der Waals surface area contributed by atoms with E-state index in [-0.39, 0.29) is 0 Å². The predicted octanol–water partition coefficient (Wildman–Crippen LogP) is 3.78. The van der Waals surface area contributed by atoms with E-state index in [1.54, 1.807) is 0 Å². The van der Waals surface area contributed by atoms with Gasteiger partial charge in [0.25, 0.3) is 0 Å². The molecule has 3 heteroatoms. The average molecular weight is 276 g/mol. The summed E-state index contributed by atoms with van der Waals surface area (Å²) in [5.41, 5.74) is 1.17. The zero-order valence-electron chi connectivity index (χ0n) is 13.1. The standard InChI is InChI=1S/C17H28N2O/c1-4-9-18-12-15-6-5-10-19-17(15)20-16-8-7-13(2)14(3)11-16/h5-6,10,13-14,16,18H,4,7-9,11-12H2,1-3H3. The summed E-state index contributed by atoms with van der Waals surface area (Å²) in [7, 11) is 0. The number of nitrogens with one attached hydrogen (secondary N) is 1. The molecule has 1 aromatic heterocycles. The minimum atomic E-state index is 0.334. The van der Waals surface area contributed by atoms with Crippen LogP contribution < -0.4 is 10.1 Å². The van der Waals surface area contributed by atoms with Crippen LogP contribution in [0.2, 0.25) is 0 Å². The molecule has 2 rings (SSSR count). The molecule has 1 fully saturated rings. The minimum Gasteiger partial charge on any atom is -0.474 e. The lowest BCUT2D eigenvalue weighted by Crippen LogP contribution is -2.29. The molecule has 3 unspecified atom stereocenters. The van der Waals surface area contributed by atoms with Crippen molar-refractivity contribution in [2.75, 3.05) is 6.54 Å². The van der Waals surface area contributed by atoms with Crippen LogP contribution in [0, 0.1) is 11.8 Å². The molecular formula is C17H28N2O. The van der Waals surface area contributed by atoms with E-state index in [0.717, 1.165) is 50.1 Å². The van der Waals surface area contributed by atoms with Crippen LogP contribution in [0.4, 0.5) is 0 Å². The largest absolute Gasteiger partial charge is 0.474 e. The Morgan fingerprint density at radius 2 is 2.15 bits per heavy atom. The van der Waals surface area contributed by atoms with Crippen LogP contribution in [-0.4, -0.2) is 17.6 Å². The zero-order valence-corrected chi connectivity index (χ0v) is 13.1. The van der Waals surface area contributed by atoms with Gasteiger partial charge in [-0.25, -0.2) is 4.98 Å². The first-order valence-corrected chi connectivity index (χ1v) is 8.02. The molecule has 1 saturated carbocycles. The Kier molecular flexibility index (Phi) is 5.84. The van der Waals surface area contributed by atoms with Crippen molar-refractivity contribution in [3.05, 3.63) is 23.9 Å². The quantitative estimate of drug-likeness (QED) is 0.803. The number of aromatic nitrogens is 1. The maximum Gasteiger partial charge on any atom is 0.218 e. The third-order valence-corrected chi connectivity index (χ3v) is 4.42. The van der Waals surface area contributed by atoms with Gasteiger partial charge in [0.15, 0.2) is 0 Å². The first kappa shape index (κ1) is 15.3. The van der Waals surface area contributed by atoms with E-state index in [9.17, 15) is 0 Å². The third-order valence-electron chi connectivity index (χ3n) is 4.42. The van der Waals surface area contributed by atoms with Gasteiger partial charge in [-0.1, -0.05) is 26.8 Å². The van der Waals surface area contributed by atoms with Gasteiger partial charge in [-0.3, -0.25) is 0 Å². The Labute approximate surface area is 123 Å². The Hall–Kier alpha value is -1.09. The maximum absolute atomic E-state index is 6.18. The van der Waals surface area contributed by atoms with Crippen LogP contribution in [0.15, 0.2) is 18.3 Å². The Morgan fingerprint density at radius 3 is 2.90 bits per heavy atom. The highest BCUT2D eigenvalue weighted by Gasteiger charge is 2.26. The van der Waals surface area contributed by atoms with E-state index in [1.165, 1.54) is 12.0 Å². The van der Waals surface area contributed by atoms with Gasteiger partial charge in [-0.2, -0.15) is 0 Å². The van der Waals surface area contributed by atoms with Gasteiger partial charge < -0.3 is 10.1 Å². The summed E-state index contributed by atoms with van der Waals surface area (Å²) < 4.78 is 6.18. The second-order valence-electron chi connectivity index (χ2n) is 6.15. The molecule has 20 heavy (non-hydrogen) atoms. The SMILES string of the molecule is CCCNCc1cccnc1OC1CCC(C)C(C)C1. The van der Waals surface area contributed by atoms with Crippen molar-refractivity contribution in [1.82, 2.24) is 10.3 Å². The van der Waals surface area contributed by atoms with Crippen molar-refractivity contribution in [2.24, 2.45) is 11.8 Å². The normalized spacial score (nSPS) is 26.4. The molecule has 112 valence electrons. The summed E-state index contributed by atoms with van der Waals surface area (Å²) in [5, 5.41) is 3.42. The van der Waals surface area contributed by atoms with E-state index in [0.29, 0.717) is 6.10 Å². The van der Waals surface area contributed by atoms with Crippen molar-refractivity contribution in [3.8, 4) is 5.88 Å². The van der Waals surface area contributed by atoms with Crippen LogP contribution in [0.5, 0.6) is 5.88 Å². The van der Waals surface area contributed by atoms with Gasteiger partial charge in [0.05, 0.1) is 0 Å². The molecule has 3 atom stereocenters. The van der Waals surface area contributed by atoms with Crippen molar-refractivity contribution in [3.63, 3.8) is 0 Å². The predicted molar refractivity (Wildman–Crippen MR) is 82.8 cm³/mol. The van der Waals surface area contributed by atoms with Crippen molar-refractivity contribution in [1.29, 1.82) is 0 Å². The summed E-state index contributed by atoms with van der Waals surface area (Å²) in [6.45, 7) is 8.74. The van der Waals surface area contributed by atoms with Gasteiger partial charge in [0, 0.05) is 18.3 Å². The van der Waals surface area contributed by atoms with E-state index < -0.39 is 0 Å². The number of hydrogen-bond donors (Lipinski definition) is 1. The fraction of sp³-hybridized carbons (Fsp3) is 0.706. The highest BCUT2D eigenvalue weighted by Crippen LogP contribution is 2.32. The summed E-state index contributed by atoms with van der Waals surface area (Å²) in [4.78, 5) is 4.43. The molecule has 0 saturated heterocycles. The molecule has 1 N–H and O–H groups in total. The van der Waals surface area contributed by atoms with Gasteiger partial charge in [-0.05, 0) is 50.1 Å². The van der Waals surface area contributed by atoms with Crippen LogP contribution >= 0.6 is 0 Å². The number of pyridine rings is 1. The number of rotatable bonds is 6. The topological polar surface area (TPSA) is 34.2 Å². The van der Waals surface area contributed by atoms with Gasteiger partial charge >= 0.3 is 0 Å². The lowest BCUT2D eigenvalue weighted by atomic mass is 9.80. The van der Waals surface area contributed by atoms with Gasteiger partial charge in [0.2, 0.25) is 5.88 Å². The van der Waals surface area contributed by atoms with Gasteiger partial charge in [-0.15, -0.1) is 0 Å². The van der Waals surface area contributed by atoms with E-state index in [1.807, 2.05) is 12.3 Å². The number of nitrogens with zero attached hydrogens (tertiary/aromatic N) is 1. The van der Waals surface area contributed by atoms with E-state index in [4.69, 9.17) is 4.74 Å². The van der Waals surface area contributed by atoms with Crippen molar-refractivity contribution in [2.45, 2.75) is 59.1 Å². The molecule has 1 aliphatic carbocycles. The molecule has 3 nitrogen and oxygen atoms in total. The Bertz CT molecular complexity index is 408. The molecule has 1 heterocycles. The van der Waals surface area contributed by atoms with Crippen LogP contribution in [0.25, 0.3) is 0 Å². The maximum atomic E-state index is 6.18. The zero-order chi connectivity index (χ0) is 14.4. The molecule has 0 amide bonds. The van der Waals surface area contributed by atoms with Crippen molar-refractivity contribution < 1.29 is 4.74 Å². The van der Waals surface area contributed by atoms with E-state index in [2.05, 4.69) is 37.1 Å². The summed E-state index contributed by atoms with van der Waals surface area (Å²) >= 11 is 0. The smallest absolute Gasteiger partial charge is 0.218 e. The average Bonchev–Trinajstić information content (AvgIpc) is 2.45. The summed E-state index contributed by atoms with van der Waals surface area (Å²) in [6.07, 6.45) is 6.88. The Balaban J connectivity index is 1.94. The highest BCUT2D eigenvalue weighted by molar-refractivity contribution is 5.25. The molecule has 1 aliphatic rings. The fourth-order valence-corrected chi connectivity index (χ4v) is 2.83. The van der Waals surface area contributed by atoms with Crippen LogP contribution in [0.3, 0.4) is 0 Å². The van der Waals surface area contributed by atoms with Gasteiger partial charge in [0.1, 0.15) is 6.10 Å². The lowest BCUT2D eigenvalue weighted by Gasteiger charge is -2.32. The third kappa shape index (κ3) is 4.20. The second-order valence-corrected chi connectivity index (χ2v) is 6.15. The lowest BCUT2D eigenvalue weighted by molar-refractivity contribution is 0.0953. The number of ether oxygens (including phenoxy) is 1. The molecular weight excluding hydrogens is 248 g/mol. The monoisotopic (exact) mass is 276 g/mol. The molecule has 0 aromatic carbocycles. The first-order chi connectivity index (χ1) is 9.70. The van der Waals surface area contributed by atoms with E-state index >= 15 is 0 Å². The molecule has 0 aliphatic heterocycles. The molecule has 0 bridgehead atoms. The highest BCUT2D eigenvalue weighted by atomic mass is 16.5. The summed E-state index contributed by atoms with van der Waals surface area (Å²) in [5.74, 6) is 2.39. The fourth-order valence-electron chi connectivity index (χ4n) is 2.83. The molecule has 1 aromatic rings. The van der Waals surface area contributed by atoms with Crippen molar-refractivity contribution >= 4 is 0 Å². The molecule has 0 radical (unpaired) electrons. The molecule has 0 spiro atoms. The Morgan fingerprint density at radius 1 is 1.30 bits per heavy atom.